The number of carbonyl (C=O) groups is 1. The van der Waals surface area contributed by atoms with Gasteiger partial charge in [-0.3, -0.25) is 4.79 Å². The summed E-state index contributed by atoms with van der Waals surface area (Å²) in [6.45, 7) is 4.26. The van der Waals surface area contributed by atoms with E-state index in [4.69, 9.17) is 11.6 Å². The fourth-order valence-electron chi connectivity index (χ4n) is 3.12. The molecule has 2 aromatic heterocycles. The topological polar surface area (TPSA) is 59.8 Å². The summed E-state index contributed by atoms with van der Waals surface area (Å²) < 4.78 is 1.65. The van der Waals surface area contributed by atoms with Crippen molar-refractivity contribution in [2.45, 2.75) is 20.4 Å². The minimum Gasteiger partial charge on any atom is -0.322 e. The van der Waals surface area contributed by atoms with Crippen molar-refractivity contribution in [3.05, 3.63) is 87.0 Å². The monoisotopic (exact) mass is 422 g/mol. The Bertz CT molecular complexity index is 1170. The van der Waals surface area contributed by atoms with E-state index in [9.17, 15) is 4.79 Å². The molecule has 0 saturated heterocycles. The predicted molar refractivity (Wildman–Crippen MR) is 118 cm³/mol. The smallest absolute Gasteiger partial charge is 0.260 e. The van der Waals surface area contributed by atoms with Gasteiger partial charge in [-0.1, -0.05) is 54.1 Å². The van der Waals surface area contributed by atoms with Crippen LogP contribution in [-0.4, -0.2) is 20.7 Å². The number of thiazole rings is 1. The number of benzene rings is 2. The molecule has 0 radical (unpaired) electrons. The molecule has 0 aliphatic carbocycles. The van der Waals surface area contributed by atoms with Crippen LogP contribution in [0.3, 0.4) is 0 Å². The normalized spacial score (nSPS) is 10.9. The van der Waals surface area contributed by atoms with Crippen LogP contribution < -0.4 is 5.32 Å². The third-order valence-electron chi connectivity index (χ3n) is 4.50. The maximum atomic E-state index is 12.9. The Labute approximate surface area is 178 Å². The maximum Gasteiger partial charge on any atom is 0.260 e. The molecule has 29 heavy (non-hydrogen) atoms. The molecular formula is C22H19ClN4OS. The van der Waals surface area contributed by atoms with E-state index in [2.05, 4.69) is 15.4 Å². The average molecular weight is 423 g/mol. The maximum absolute atomic E-state index is 12.9. The van der Waals surface area contributed by atoms with Crippen LogP contribution in [0.2, 0.25) is 5.15 Å². The van der Waals surface area contributed by atoms with E-state index >= 15 is 0 Å². The van der Waals surface area contributed by atoms with Crippen LogP contribution in [0.15, 0.2) is 60.0 Å². The zero-order valence-corrected chi connectivity index (χ0v) is 17.6. The van der Waals surface area contributed by atoms with Crippen molar-refractivity contribution in [2.75, 3.05) is 5.32 Å². The average Bonchev–Trinajstić information content (AvgIpc) is 3.26. The van der Waals surface area contributed by atoms with E-state index in [0.29, 0.717) is 28.6 Å². The number of aromatic nitrogens is 3. The van der Waals surface area contributed by atoms with Gasteiger partial charge in [0.2, 0.25) is 0 Å². The zero-order chi connectivity index (χ0) is 20.4. The molecule has 0 atom stereocenters. The number of anilines is 1. The van der Waals surface area contributed by atoms with Crippen molar-refractivity contribution in [1.29, 1.82) is 0 Å². The second-order valence-corrected chi connectivity index (χ2v) is 8.10. The molecule has 1 N–H and O–H groups in total. The van der Waals surface area contributed by atoms with Gasteiger partial charge in [-0.25, -0.2) is 9.67 Å². The molecule has 1 amide bonds. The number of rotatable bonds is 5. The number of halogens is 1. The van der Waals surface area contributed by atoms with Crippen LogP contribution in [0, 0.1) is 13.8 Å². The Kier molecular flexibility index (Phi) is 5.47. The lowest BCUT2D eigenvalue weighted by Gasteiger charge is -2.07. The Balaban J connectivity index is 1.56. The Morgan fingerprint density at radius 1 is 1.14 bits per heavy atom. The number of amides is 1. The Hall–Kier alpha value is -2.96. The SMILES string of the molecule is Cc1nc(-c2cccc(NC(=O)c3c(C)nn(Cc4ccccc4)c3Cl)c2)cs1. The molecule has 2 aromatic carbocycles. The van der Waals surface area contributed by atoms with Crippen LogP contribution >= 0.6 is 22.9 Å². The van der Waals surface area contributed by atoms with Gasteiger partial charge in [-0.2, -0.15) is 5.10 Å². The number of nitrogens with one attached hydrogen (secondary N) is 1. The molecule has 0 saturated carbocycles. The molecule has 5 nitrogen and oxygen atoms in total. The summed E-state index contributed by atoms with van der Waals surface area (Å²) in [7, 11) is 0. The standard InChI is InChI=1S/C22H19ClN4OS/c1-14-20(21(23)27(26-14)12-16-7-4-3-5-8-16)22(28)25-18-10-6-9-17(11-18)19-13-29-15(2)24-19/h3-11,13H,12H2,1-2H3,(H,25,28). The summed E-state index contributed by atoms with van der Waals surface area (Å²) in [5.41, 5.74) is 4.58. The summed E-state index contributed by atoms with van der Waals surface area (Å²) in [5.74, 6) is -0.279. The minimum atomic E-state index is -0.279. The molecule has 0 fully saturated rings. The van der Waals surface area contributed by atoms with Gasteiger partial charge in [-0.15, -0.1) is 11.3 Å². The van der Waals surface area contributed by atoms with Gasteiger partial charge in [0.15, 0.2) is 0 Å². The molecule has 0 spiro atoms. The molecule has 0 bridgehead atoms. The van der Waals surface area contributed by atoms with E-state index in [1.165, 1.54) is 0 Å². The first-order chi connectivity index (χ1) is 14.0. The summed E-state index contributed by atoms with van der Waals surface area (Å²) in [5, 5.41) is 10.7. The van der Waals surface area contributed by atoms with Crippen molar-refractivity contribution in [2.24, 2.45) is 0 Å². The van der Waals surface area contributed by atoms with Gasteiger partial charge in [0.25, 0.3) is 5.91 Å². The predicted octanol–water partition coefficient (Wildman–Crippen LogP) is 5.58. The first kappa shape index (κ1) is 19.4. The summed E-state index contributed by atoms with van der Waals surface area (Å²) >= 11 is 8.10. The molecular weight excluding hydrogens is 404 g/mol. The van der Waals surface area contributed by atoms with Crippen molar-refractivity contribution in [1.82, 2.24) is 14.8 Å². The van der Waals surface area contributed by atoms with Gasteiger partial charge in [0.05, 0.1) is 28.5 Å². The molecule has 0 aliphatic heterocycles. The van der Waals surface area contributed by atoms with Crippen molar-refractivity contribution in [3.8, 4) is 11.3 Å². The fourth-order valence-corrected chi connectivity index (χ4v) is 4.06. The lowest BCUT2D eigenvalue weighted by molar-refractivity contribution is 0.102. The summed E-state index contributed by atoms with van der Waals surface area (Å²) in [6.07, 6.45) is 0. The first-order valence-corrected chi connectivity index (χ1v) is 10.4. The number of hydrogen-bond donors (Lipinski definition) is 1. The van der Waals surface area contributed by atoms with Crippen LogP contribution in [0.4, 0.5) is 5.69 Å². The highest BCUT2D eigenvalue weighted by Crippen LogP contribution is 2.26. The molecule has 0 aliphatic rings. The Morgan fingerprint density at radius 3 is 2.66 bits per heavy atom. The second-order valence-electron chi connectivity index (χ2n) is 6.68. The third-order valence-corrected chi connectivity index (χ3v) is 5.66. The first-order valence-electron chi connectivity index (χ1n) is 9.12. The molecule has 4 aromatic rings. The number of nitrogens with zero attached hydrogens (tertiary/aromatic N) is 3. The minimum absolute atomic E-state index is 0.279. The molecule has 0 unspecified atom stereocenters. The van der Waals surface area contributed by atoms with Crippen molar-refractivity contribution >= 4 is 34.5 Å². The van der Waals surface area contributed by atoms with E-state index in [1.807, 2.05) is 66.9 Å². The van der Waals surface area contributed by atoms with Gasteiger partial charge in [0, 0.05) is 16.6 Å². The lowest BCUT2D eigenvalue weighted by atomic mass is 10.1. The van der Waals surface area contributed by atoms with E-state index in [1.54, 1.807) is 22.9 Å². The molecule has 4 rings (SSSR count). The number of hydrogen-bond acceptors (Lipinski definition) is 4. The summed E-state index contributed by atoms with van der Waals surface area (Å²) in [4.78, 5) is 17.4. The van der Waals surface area contributed by atoms with E-state index in [0.717, 1.165) is 21.8 Å². The quantitative estimate of drug-likeness (QED) is 0.456. The Morgan fingerprint density at radius 2 is 1.93 bits per heavy atom. The highest BCUT2D eigenvalue weighted by Gasteiger charge is 2.20. The zero-order valence-electron chi connectivity index (χ0n) is 16.0. The summed E-state index contributed by atoms with van der Waals surface area (Å²) in [6, 6.07) is 17.5. The fraction of sp³-hybridized carbons (Fsp3) is 0.136. The van der Waals surface area contributed by atoms with Gasteiger partial charge >= 0.3 is 0 Å². The van der Waals surface area contributed by atoms with E-state index in [-0.39, 0.29) is 5.91 Å². The largest absolute Gasteiger partial charge is 0.322 e. The third kappa shape index (κ3) is 4.23. The molecule has 2 heterocycles. The van der Waals surface area contributed by atoms with Crippen LogP contribution in [0.5, 0.6) is 0 Å². The highest BCUT2D eigenvalue weighted by molar-refractivity contribution is 7.09. The molecule has 146 valence electrons. The number of aryl methyl sites for hydroxylation is 2. The molecule has 7 heteroatoms. The van der Waals surface area contributed by atoms with Gasteiger partial charge in [0.1, 0.15) is 5.15 Å². The van der Waals surface area contributed by atoms with Gasteiger partial charge in [-0.05, 0) is 31.5 Å². The lowest BCUT2D eigenvalue weighted by Crippen LogP contribution is -2.13. The van der Waals surface area contributed by atoms with Crippen molar-refractivity contribution < 1.29 is 4.79 Å². The van der Waals surface area contributed by atoms with E-state index < -0.39 is 0 Å². The van der Waals surface area contributed by atoms with Crippen LogP contribution in [-0.2, 0) is 6.54 Å². The van der Waals surface area contributed by atoms with Gasteiger partial charge < -0.3 is 5.32 Å². The van der Waals surface area contributed by atoms with Crippen molar-refractivity contribution in [3.63, 3.8) is 0 Å². The van der Waals surface area contributed by atoms with Crippen LogP contribution in [0.1, 0.15) is 26.6 Å². The second kappa shape index (κ2) is 8.19. The van der Waals surface area contributed by atoms with Crippen LogP contribution in [0.25, 0.3) is 11.3 Å². The highest BCUT2D eigenvalue weighted by atomic mass is 35.5. The number of carbonyl (C=O) groups excluding carboxylic acids is 1.